The van der Waals surface area contributed by atoms with Crippen LogP contribution in [-0.4, -0.2) is 19.0 Å². The third kappa shape index (κ3) is 2.98. The molecule has 15 heavy (non-hydrogen) atoms. The minimum absolute atomic E-state index is 0.171. The van der Waals surface area contributed by atoms with Gasteiger partial charge in [0, 0.05) is 19.2 Å². The number of furan rings is 1. The van der Waals surface area contributed by atoms with Crippen molar-refractivity contribution in [3.8, 4) is 0 Å². The highest BCUT2D eigenvalue weighted by Gasteiger charge is 2.35. The van der Waals surface area contributed by atoms with E-state index >= 15 is 0 Å². The van der Waals surface area contributed by atoms with Crippen molar-refractivity contribution in [3.63, 3.8) is 0 Å². The van der Waals surface area contributed by atoms with Crippen LogP contribution in [0.2, 0.25) is 0 Å². The summed E-state index contributed by atoms with van der Waals surface area (Å²) in [7, 11) is 0. The van der Waals surface area contributed by atoms with Crippen LogP contribution < -0.4 is 11.1 Å². The molecule has 1 amide bonds. The number of amides is 1. The van der Waals surface area contributed by atoms with Crippen molar-refractivity contribution in [2.45, 2.75) is 6.18 Å². The van der Waals surface area contributed by atoms with Crippen LogP contribution in [0.15, 0.2) is 16.7 Å². The van der Waals surface area contributed by atoms with Gasteiger partial charge in [-0.1, -0.05) is 0 Å². The van der Waals surface area contributed by atoms with Gasteiger partial charge >= 0.3 is 6.18 Å². The molecule has 0 aromatic carbocycles. The van der Waals surface area contributed by atoms with E-state index in [9.17, 15) is 18.0 Å². The summed E-state index contributed by atoms with van der Waals surface area (Å²) in [5, 5.41) is 2.32. The van der Waals surface area contributed by atoms with Gasteiger partial charge in [-0.2, -0.15) is 13.2 Å². The summed E-state index contributed by atoms with van der Waals surface area (Å²) in [6.07, 6.45) is -3.82. The van der Waals surface area contributed by atoms with E-state index in [4.69, 9.17) is 5.73 Å². The molecule has 7 heteroatoms. The third-order valence-corrected chi connectivity index (χ3v) is 1.57. The summed E-state index contributed by atoms with van der Waals surface area (Å²) >= 11 is 0. The molecule has 0 aliphatic heterocycles. The van der Waals surface area contributed by atoms with E-state index in [0.29, 0.717) is 6.07 Å². The van der Waals surface area contributed by atoms with Crippen LogP contribution in [0, 0.1) is 0 Å². The van der Waals surface area contributed by atoms with Crippen LogP contribution in [0.3, 0.4) is 0 Å². The smallest absolute Gasteiger partial charge is 0.449 e. The number of nitrogens with two attached hydrogens (primary N) is 1. The number of halogens is 3. The van der Waals surface area contributed by atoms with E-state index < -0.39 is 17.8 Å². The van der Waals surface area contributed by atoms with Gasteiger partial charge in [-0.15, -0.1) is 0 Å². The van der Waals surface area contributed by atoms with Crippen molar-refractivity contribution in [2.75, 3.05) is 13.1 Å². The molecule has 0 atom stereocenters. The van der Waals surface area contributed by atoms with Crippen molar-refractivity contribution in [1.82, 2.24) is 5.32 Å². The van der Waals surface area contributed by atoms with Gasteiger partial charge < -0.3 is 15.5 Å². The summed E-state index contributed by atoms with van der Waals surface area (Å²) in [4.78, 5) is 11.1. The van der Waals surface area contributed by atoms with E-state index in [1.54, 1.807) is 0 Å². The van der Waals surface area contributed by atoms with Crippen molar-refractivity contribution >= 4 is 5.91 Å². The second kappa shape index (κ2) is 4.35. The number of rotatable bonds is 3. The molecular weight excluding hydrogens is 213 g/mol. The van der Waals surface area contributed by atoms with Crippen molar-refractivity contribution in [3.05, 3.63) is 23.7 Å². The minimum Gasteiger partial charge on any atom is -0.459 e. The van der Waals surface area contributed by atoms with Gasteiger partial charge in [0.1, 0.15) is 6.26 Å². The summed E-state index contributed by atoms with van der Waals surface area (Å²) in [6.45, 7) is 0.418. The molecule has 0 saturated carbocycles. The van der Waals surface area contributed by atoms with Crippen LogP contribution in [0.25, 0.3) is 0 Å². The first-order chi connectivity index (χ1) is 6.95. The molecular formula is C8H9F3N2O2. The Morgan fingerprint density at radius 3 is 2.67 bits per heavy atom. The molecule has 1 aromatic rings. The monoisotopic (exact) mass is 222 g/mol. The van der Waals surface area contributed by atoms with Gasteiger partial charge in [-0.25, -0.2) is 0 Å². The summed E-state index contributed by atoms with van der Waals surface area (Å²) in [5.74, 6) is -1.83. The number of carbonyl (C=O) groups is 1. The highest BCUT2D eigenvalue weighted by Crippen LogP contribution is 2.30. The van der Waals surface area contributed by atoms with Gasteiger partial charge in [0.2, 0.25) is 5.76 Å². The fraction of sp³-hybridized carbons (Fsp3) is 0.375. The molecule has 0 bridgehead atoms. The average molecular weight is 222 g/mol. The molecule has 0 saturated heterocycles. The SMILES string of the molecule is NCCNC(=O)c1coc(C(F)(F)F)c1. The Labute approximate surface area is 83.2 Å². The molecule has 84 valence electrons. The Bertz CT molecular complexity index is 346. The van der Waals surface area contributed by atoms with Crippen LogP contribution in [0.4, 0.5) is 13.2 Å². The number of hydrogen-bond acceptors (Lipinski definition) is 3. The maximum absolute atomic E-state index is 12.1. The van der Waals surface area contributed by atoms with Crippen LogP contribution in [0.1, 0.15) is 16.1 Å². The number of nitrogens with one attached hydrogen (secondary N) is 1. The fourth-order valence-corrected chi connectivity index (χ4v) is 0.892. The fourth-order valence-electron chi connectivity index (χ4n) is 0.892. The molecule has 1 aromatic heterocycles. The largest absolute Gasteiger partial charge is 0.459 e. The molecule has 1 heterocycles. The molecule has 0 unspecified atom stereocenters. The Morgan fingerprint density at radius 2 is 2.20 bits per heavy atom. The molecule has 0 aliphatic carbocycles. The van der Waals surface area contributed by atoms with Crippen molar-refractivity contribution < 1.29 is 22.4 Å². The normalized spacial score (nSPS) is 11.5. The molecule has 0 fully saturated rings. The summed E-state index contributed by atoms with van der Waals surface area (Å²) in [6, 6.07) is 0.645. The predicted molar refractivity (Wildman–Crippen MR) is 45.1 cm³/mol. The van der Waals surface area contributed by atoms with E-state index in [1.807, 2.05) is 0 Å². The van der Waals surface area contributed by atoms with E-state index in [1.165, 1.54) is 0 Å². The first kappa shape index (κ1) is 11.6. The summed E-state index contributed by atoms with van der Waals surface area (Å²) in [5.41, 5.74) is 4.94. The highest BCUT2D eigenvalue weighted by molar-refractivity contribution is 5.93. The zero-order valence-corrected chi connectivity index (χ0v) is 7.60. The van der Waals surface area contributed by atoms with E-state index in [-0.39, 0.29) is 18.7 Å². The Balaban J connectivity index is 2.72. The number of carbonyl (C=O) groups excluding carboxylic acids is 1. The lowest BCUT2D eigenvalue weighted by atomic mass is 10.3. The maximum Gasteiger partial charge on any atom is 0.449 e. The quantitative estimate of drug-likeness (QED) is 0.801. The lowest BCUT2D eigenvalue weighted by Crippen LogP contribution is -2.28. The van der Waals surface area contributed by atoms with Crippen LogP contribution >= 0.6 is 0 Å². The van der Waals surface area contributed by atoms with Crippen LogP contribution in [-0.2, 0) is 6.18 Å². The number of hydrogen-bond donors (Lipinski definition) is 2. The first-order valence-corrected chi connectivity index (χ1v) is 4.09. The number of alkyl halides is 3. The third-order valence-electron chi connectivity index (χ3n) is 1.57. The molecule has 0 radical (unpaired) electrons. The zero-order chi connectivity index (χ0) is 11.5. The van der Waals surface area contributed by atoms with Gasteiger partial charge in [0.05, 0.1) is 5.56 Å². The van der Waals surface area contributed by atoms with E-state index in [2.05, 4.69) is 9.73 Å². The minimum atomic E-state index is -4.58. The maximum atomic E-state index is 12.1. The highest BCUT2D eigenvalue weighted by atomic mass is 19.4. The lowest BCUT2D eigenvalue weighted by Gasteiger charge is -2.00. The predicted octanol–water partition coefficient (Wildman–Crippen LogP) is 0.987. The standard InChI is InChI=1S/C8H9F3N2O2/c9-8(10,11)6-3-5(4-15-6)7(14)13-2-1-12/h3-4H,1-2,12H2,(H,13,14). The zero-order valence-electron chi connectivity index (χ0n) is 7.60. The Morgan fingerprint density at radius 1 is 1.53 bits per heavy atom. The molecule has 0 spiro atoms. The summed E-state index contributed by atoms with van der Waals surface area (Å²) < 4.78 is 40.4. The second-order valence-electron chi connectivity index (χ2n) is 2.74. The average Bonchev–Trinajstić information content (AvgIpc) is 2.62. The van der Waals surface area contributed by atoms with Crippen molar-refractivity contribution in [1.29, 1.82) is 0 Å². The first-order valence-electron chi connectivity index (χ1n) is 4.09. The molecule has 1 rings (SSSR count). The Hall–Kier alpha value is -1.50. The van der Waals surface area contributed by atoms with Gasteiger partial charge in [0.25, 0.3) is 5.91 Å². The molecule has 4 nitrogen and oxygen atoms in total. The topological polar surface area (TPSA) is 68.3 Å². The Kier molecular flexibility index (Phi) is 3.35. The van der Waals surface area contributed by atoms with Crippen molar-refractivity contribution in [2.24, 2.45) is 5.73 Å². The van der Waals surface area contributed by atoms with E-state index in [0.717, 1.165) is 6.26 Å². The second-order valence-corrected chi connectivity index (χ2v) is 2.74. The molecule has 3 N–H and O–H groups in total. The van der Waals surface area contributed by atoms with Gasteiger partial charge in [-0.05, 0) is 0 Å². The molecule has 0 aliphatic rings. The van der Waals surface area contributed by atoms with Crippen LogP contribution in [0.5, 0.6) is 0 Å². The van der Waals surface area contributed by atoms with Gasteiger partial charge in [-0.3, -0.25) is 4.79 Å². The lowest BCUT2D eigenvalue weighted by molar-refractivity contribution is -0.153. The van der Waals surface area contributed by atoms with Gasteiger partial charge in [0.15, 0.2) is 0 Å².